The fourth-order valence-electron chi connectivity index (χ4n) is 3.13. The van der Waals surface area contributed by atoms with Crippen molar-refractivity contribution in [2.75, 3.05) is 11.9 Å². The van der Waals surface area contributed by atoms with Crippen molar-refractivity contribution in [3.8, 4) is 10.6 Å². The normalized spacial score (nSPS) is 16.8. The van der Waals surface area contributed by atoms with Crippen LogP contribution in [-0.4, -0.2) is 27.5 Å². The fourth-order valence-corrected chi connectivity index (χ4v) is 3.87. The minimum Gasteiger partial charge on any atom is -0.361 e. The maximum absolute atomic E-state index is 13.0. The van der Waals surface area contributed by atoms with Gasteiger partial charge in [-0.1, -0.05) is 25.1 Å². The highest BCUT2D eigenvalue weighted by atomic mass is 32.1. The van der Waals surface area contributed by atoms with Crippen LogP contribution in [0.5, 0.6) is 0 Å². The summed E-state index contributed by atoms with van der Waals surface area (Å²) in [4.78, 5) is 16.0. The van der Waals surface area contributed by atoms with Crippen LogP contribution in [-0.2, 0) is 0 Å². The van der Waals surface area contributed by atoms with Crippen LogP contribution in [0.15, 0.2) is 48.0 Å². The van der Waals surface area contributed by atoms with Crippen molar-refractivity contribution < 1.29 is 4.79 Å². The summed E-state index contributed by atoms with van der Waals surface area (Å²) in [5, 5.41) is 12.9. The molecule has 0 bridgehead atoms. The minimum atomic E-state index is -0.219. The van der Waals surface area contributed by atoms with Crippen LogP contribution in [0, 0.1) is 0 Å². The molecule has 24 heavy (non-hydrogen) atoms. The van der Waals surface area contributed by atoms with Gasteiger partial charge in [0.2, 0.25) is 0 Å². The lowest BCUT2D eigenvalue weighted by Gasteiger charge is -2.37. The van der Waals surface area contributed by atoms with E-state index in [-0.39, 0.29) is 12.1 Å². The van der Waals surface area contributed by atoms with Crippen LogP contribution in [0.1, 0.15) is 35.4 Å². The van der Waals surface area contributed by atoms with Crippen molar-refractivity contribution in [1.82, 2.24) is 15.1 Å². The van der Waals surface area contributed by atoms with Crippen LogP contribution < -0.4 is 5.32 Å². The van der Waals surface area contributed by atoms with E-state index >= 15 is 0 Å². The van der Waals surface area contributed by atoms with Crippen molar-refractivity contribution in [3.63, 3.8) is 0 Å². The van der Waals surface area contributed by atoms with Gasteiger partial charge in [-0.2, -0.15) is 5.10 Å². The number of nitrogens with zero attached hydrogens (tertiary/aromatic N) is 2. The fraction of sp³-hybridized carbons (Fsp3) is 0.222. The molecular weight excluding hydrogens is 320 g/mol. The van der Waals surface area contributed by atoms with Crippen LogP contribution in [0.3, 0.4) is 0 Å². The number of benzene rings is 1. The van der Waals surface area contributed by atoms with Crippen LogP contribution >= 0.6 is 11.3 Å². The Kier molecular flexibility index (Phi) is 3.82. The third-order valence-corrected chi connectivity index (χ3v) is 5.10. The first-order valence-corrected chi connectivity index (χ1v) is 8.91. The molecule has 2 aromatic heterocycles. The summed E-state index contributed by atoms with van der Waals surface area (Å²) >= 11 is 1.66. The Morgan fingerprint density at radius 3 is 2.92 bits per heavy atom. The Morgan fingerprint density at radius 1 is 1.25 bits per heavy atom. The maximum atomic E-state index is 13.0. The number of rotatable bonds is 4. The molecule has 0 spiro atoms. The van der Waals surface area contributed by atoms with Gasteiger partial charge < -0.3 is 10.2 Å². The molecule has 0 saturated heterocycles. The van der Waals surface area contributed by atoms with Gasteiger partial charge in [-0.3, -0.25) is 9.89 Å². The number of hydrogen-bond donors (Lipinski definition) is 2. The summed E-state index contributed by atoms with van der Waals surface area (Å²) in [5.41, 5.74) is 3.56. The third kappa shape index (κ3) is 2.39. The largest absolute Gasteiger partial charge is 0.361 e. The Hall–Kier alpha value is -2.60. The van der Waals surface area contributed by atoms with E-state index in [0.717, 1.165) is 33.8 Å². The van der Waals surface area contributed by atoms with Gasteiger partial charge in [0.1, 0.15) is 6.17 Å². The SMILES string of the molecule is CCCN1C(=O)c2ccccc2N[C@H]1c1cn[nH]c1-c1cccs1. The number of hydrogen-bond acceptors (Lipinski definition) is 4. The highest BCUT2D eigenvalue weighted by molar-refractivity contribution is 7.13. The van der Waals surface area contributed by atoms with Gasteiger partial charge in [0, 0.05) is 17.8 Å². The molecule has 1 aliphatic heterocycles. The Morgan fingerprint density at radius 2 is 2.12 bits per heavy atom. The summed E-state index contributed by atoms with van der Waals surface area (Å²) < 4.78 is 0. The molecule has 2 N–H and O–H groups in total. The monoisotopic (exact) mass is 338 g/mol. The first-order chi connectivity index (χ1) is 11.8. The number of amides is 1. The zero-order chi connectivity index (χ0) is 16.5. The third-order valence-electron chi connectivity index (χ3n) is 4.22. The predicted molar refractivity (Wildman–Crippen MR) is 96.0 cm³/mol. The van der Waals surface area contributed by atoms with E-state index in [2.05, 4.69) is 28.5 Å². The predicted octanol–water partition coefficient (Wildman–Crippen LogP) is 4.11. The molecule has 0 radical (unpaired) electrons. The molecule has 5 nitrogen and oxygen atoms in total. The van der Waals surface area contributed by atoms with Crippen molar-refractivity contribution in [3.05, 3.63) is 59.1 Å². The number of aromatic nitrogens is 2. The van der Waals surface area contributed by atoms with Gasteiger partial charge in [0.05, 0.1) is 22.3 Å². The molecule has 122 valence electrons. The lowest BCUT2D eigenvalue weighted by molar-refractivity contribution is 0.0684. The van der Waals surface area contributed by atoms with Gasteiger partial charge >= 0.3 is 0 Å². The van der Waals surface area contributed by atoms with Crippen LogP contribution in [0.4, 0.5) is 5.69 Å². The number of carbonyl (C=O) groups excluding carboxylic acids is 1. The second-order valence-electron chi connectivity index (χ2n) is 5.77. The van der Waals surface area contributed by atoms with Crippen LogP contribution in [0.2, 0.25) is 0 Å². The molecule has 0 aliphatic carbocycles. The lowest BCUT2D eigenvalue weighted by atomic mass is 10.0. The number of carbonyl (C=O) groups is 1. The number of thiophene rings is 1. The molecule has 3 aromatic rings. The summed E-state index contributed by atoms with van der Waals surface area (Å²) in [7, 11) is 0. The van der Waals surface area contributed by atoms with E-state index in [4.69, 9.17) is 0 Å². The Balaban J connectivity index is 1.80. The number of para-hydroxylation sites is 1. The number of anilines is 1. The second-order valence-corrected chi connectivity index (χ2v) is 6.72. The van der Waals surface area contributed by atoms with Crippen molar-refractivity contribution in [2.45, 2.75) is 19.5 Å². The zero-order valence-electron chi connectivity index (χ0n) is 13.3. The molecule has 0 saturated carbocycles. The van der Waals surface area contributed by atoms with E-state index in [1.54, 1.807) is 11.3 Å². The molecule has 1 amide bonds. The molecule has 3 heterocycles. The molecule has 1 aliphatic rings. The van der Waals surface area contributed by atoms with Crippen molar-refractivity contribution >= 4 is 22.9 Å². The van der Waals surface area contributed by atoms with E-state index < -0.39 is 0 Å². The molecule has 1 atom stereocenters. The summed E-state index contributed by atoms with van der Waals surface area (Å²) in [6.07, 6.45) is 2.50. The molecule has 4 rings (SSSR count). The average molecular weight is 338 g/mol. The highest BCUT2D eigenvalue weighted by Gasteiger charge is 2.34. The molecule has 0 unspecified atom stereocenters. The Labute approximate surface area is 144 Å². The number of nitrogens with one attached hydrogen (secondary N) is 2. The quantitative estimate of drug-likeness (QED) is 0.752. The summed E-state index contributed by atoms with van der Waals surface area (Å²) in [6.45, 7) is 2.78. The first kappa shape index (κ1) is 15.0. The van der Waals surface area contributed by atoms with Crippen LogP contribution in [0.25, 0.3) is 10.6 Å². The molecular formula is C18H18N4OS. The zero-order valence-corrected chi connectivity index (χ0v) is 14.1. The maximum Gasteiger partial charge on any atom is 0.257 e. The number of fused-ring (bicyclic) bond motifs is 1. The summed E-state index contributed by atoms with van der Waals surface area (Å²) in [6, 6.07) is 11.8. The number of aromatic amines is 1. The van der Waals surface area contributed by atoms with Gasteiger partial charge in [-0.15, -0.1) is 11.3 Å². The van der Waals surface area contributed by atoms with Gasteiger partial charge in [-0.05, 0) is 30.0 Å². The van der Waals surface area contributed by atoms with Gasteiger partial charge in [-0.25, -0.2) is 0 Å². The standard InChI is InChI=1S/C18H18N4OS/c1-2-9-22-17(20-14-7-4-3-6-12(14)18(22)23)13-11-19-21-16(13)15-8-5-10-24-15/h3-8,10-11,17,20H,2,9H2,1H3,(H,19,21)/t17-/m1/s1. The number of H-pyrrole nitrogens is 1. The van der Waals surface area contributed by atoms with E-state index in [0.29, 0.717) is 6.54 Å². The van der Waals surface area contributed by atoms with E-state index in [1.807, 2.05) is 46.8 Å². The van der Waals surface area contributed by atoms with Crippen molar-refractivity contribution in [2.24, 2.45) is 0 Å². The Bertz CT molecular complexity index is 856. The van der Waals surface area contributed by atoms with E-state index in [1.165, 1.54) is 0 Å². The van der Waals surface area contributed by atoms with E-state index in [9.17, 15) is 4.79 Å². The lowest BCUT2D eigenvalue weighted by Crippen LogP contribution is -2.43. The highest BCUT2D eigenvalue weighted by Crippen LogP contribution is 2.37. The average Bonchev–Trinajstić information content (AvgIpc) is 3.28. The van der Waals surface area contributed by atoms with Gasteiger partial charge in [0.15, 0.2) is 0 Å². The smallest absolute Gasteiger partial charge is 0.257 e. The topological polar surface area (TPSA) is 61.0 Å². The first-order valence-electron chi connectivity index (χ1n) is 8.03. The van der Waals surface area contributed by atoms with Crippen molar-refractivity contribution in [1.29, 1.82) is 0 Å². The second kappa shape index (κ2) is 6.13. The molecule has 6 heteroatoms. The molecule has 1 aromatic carbocycles. The summed E-state index contributed by atoms with van der Waals surface area (Å²) in [5.74, 6) is 0.0644. The molecule has 0 fully saturated rings. The van der Waals surface area contributed by atoms with Gasteiger partial charge in [0.25, 0.3) is 5.91 Å². The minimum absolute atomic E-state index is 0.0644.